The smallest absolute Gasteiger partial charge is 0.222 e. The van der Waals surface area contributed by atoms with E-state index in [0.717, 1.165) is 34.3 Å². The fraction of sp³-hybridized carbons (Fsp3) is 0.200. The van der Waals surface area contributed by atoms with Gasteiger partial charge in [-0.3, -0.25) is 0 Å². The molecule has 5 N–H and O–H groups in total. The summed E-state index contributed by atoms with van der Waals surface area (Å²) in [4.78, 5) is 8.47. The first-order chi connectivity index (χ1) is 13.7. The molecule has 0 atom stereocenters. The second kappa shape index (κ2) is 8.26. The summed E-state index contributed by atoms with van der Waals surface area (Å²) in [5.74, 6) is 0.526. The number of hydrogen-bond donors (Lipinski definition) is 3. The standard InChI is InChI=1S/C20H22ClN5O2S/c1-3-16-18(19(22)26-20(23)25-16)13-5-7-14(8-6-13)24-11-12-4-9-17(15(21)10-12)29(2,27)28/h4-10,24H,3,11H2,1-2H3,(H4,22,23,25,26). The van der Waals surface area contributed by atoms with E-state index < -0.39 is 9.84 Å². The molecule has 9 heteroatoms. The third-order valence-corrected chi connectivity index (χ3v) is 6.01. The van der Waals surface area contributed by atoms with E-state index in [4.69, 9.17) is 23.1 Å². The van der Waals surface area contributed by atoms with Gasteiger partial charge in [0.1, 0.15) is 5.82 Å². The molecule has 2 aromatic carbocycles. The van der Waals surface area contributed by atoms with Crippen molar-refractivity contribution >= 4 is 38.9 Å². The number of benzene rings is 2. The Balaban J connectivity index is 1.76. The van der Waals surface area contributed by atoms with Crippen LogP contribution in [0.5, 0.6) is 0 Å². The molecule has 0 fully saturated rings. The minimum Gasteiger partial charge on any atom is -0.383 e. The first-order valence-corrected chi connectivity index (χ1v) is 11.2. The lowest BCUT2D eigenvalue weighted by molar-refractivity contribution is 0.602. The van der Waals surface area contributed by atoms with Crippen molar-refractivity contribution < 1.29 is 8.42 Å². The summed E-state index contributed by atoms with van der Waals surface area (Å²) >= 11 is 6.10. The van der Waals surface area contributed by atoms with Crippen molar-refractivity contribution in [3.8, 4) is 11.1 Å². The van der Waals surface area contributed by atoms with E-state index in [1.807, 2.05) is 31.2 Å². The highest BCUT2D eigenvalue weighted by molar-refractivity contribution is 7.90. The highest BCUT2D eigenvalue weighted by Crippen LogP contribution is 2.30. The van der Waals surface area contributed by atoms with Gasteiger partial charge in [0.15, 0.2) is 9.84 Å². The Morgan fingerprint density at radius 1 is 1.07 bits per heavy atom. The minimum atomic E-state index is -3.34. The van der Waals surface area contributed by atoms with Gasteiger partial charge in [0.05, 0.1) is 15.6 Å². The molecule has 0 aliphatic heterocycles. The van der Waals surface area contributed by atoms with Crippen molar-refractivity contribution in [1.82, 2.24) is 9.97 Å². The number of aromatic nitrogens is 2. The van der Waals surface area contributed by atoms with Gasteiger partial charge in [0.2, 0.25) is 5.95 Å². The van der Waals surface area contributed by atoms with Crippen molar-refractivity contribution in [2.45, 2.75) is 24.8 Å². The Morgan fingerprint density at radius 3 is 2.34 bits per heavy atom. The number of nitrogens with one attached hydrogen (secondary N) is 1. The number of hydrogen-bond acceptors (Lipinski definition) is 7. The lowest BCUT2D eigenvalue weighted by Gasteiger charge is -2.12. The molecule has 0 saturated heterocycles. The van der Waals surface area contributed by atoms with Crippen LogP contribution in [0.25, 0.3) is 11.1 Å². The number of nitrogens with zero attached hydrogens (tertiary/aromatic N) is 2. The van der Waals surface area contributed by atoms with Gasteiger partial charge in [-0.15, -0.1) is 0 Å². The van der Waals surface area contributed by atoms with Crippen LogP contribution in [-0.4, -0.2) is 24.6 Å². The van der Waals surface area contributed by atoms with Crippen LogP contribution in [0.3, 0.4) is 0 Å². The van der Waals surface area contributed by atoms with E-state index in [9.17, 15) is 8.42 Å². The van der Waals surface area contributed by atoms with Crippen LogP contribution in [-0.2, 0) is 22.8 Å². The average molecular weight is 432 g/mol. The normalized spacial score (nSPS) is 11.4. The molecular weight excluding hydrogens is 410 g/mol. The topological polar surface area (TPSA) is 124 Å². The second-order valence-electron chi connectivity index (χ2n) is 6.61. The molecule has 3 aromatic rings. The fourth-order valence-corrected chi connectivity index (χ4v) is 4.38. The zero-order valence-electron chi connectivity index (χ0n) is 16.1. The number of sulfone groups is 1. The monoisotopic (exact) mass is 431 g/mol. The molecule has 7 nitrogen and oxygen atoms in total. The summed E-state index contributed by atoms with van der Waals surface area (Å²) in [6, 6.07) is 12.6. The molecule has 29 heavy (non-hydrogen) atoms. The maximum Gasteiger partial charge on any atom is 0.222 e. The summed E-state index contributed by atoms with van der Waals surface area (Å²) in [7, 11) is -3.34. The van der Waals surface area contributed by atoms with E-state index in [2.05, 4.69) is 15.3 Å². The van der Waals surface area contributed by atoms with Crippen molar-refractivity contribution in [2.75, 3.05) is 23.0 Å². The summed E-state index contributed by atoms with van der Waals surface area (Å²) < 4.78 is 23.3. The largest absolute Gasteiger partial charge is 0.383 e. The van der Waals surface area contributed by atoms with Crippen LogP contribution in [0.4, 0.5) is 17.5 Å². The first kappa shape index (κ1) is 20.9. The van der Waals surface area contributed by atoms with Crippen LogP contribution in [0, 0.1) is 0 Å². The summed E-state index contributed by atoms with van der Waals surface area (Å²) in [5.41, 5.74) is 16.0. The lowest BCUT2D eigenvalue weighted by atomic mass is 10.0. The molecule has 0 unspecified atom stereocenters. The highest BCUT2D eigenvalue weighted by Gasteiger charge is 2.13. The Morgan fingerprint density at radius 2 is 1.76 bits per heavy atom. The molecule has 0 aliphatic carbocycles. The third-order valence-electron chi connectivity index (χ3n) is 4.43. The zero-order chi connectivity index (χ0) is 21.2. The SMILES string of the molecule is CCc1nc(N)nc(N)c1-c1ccc(NCc2ccc(S(C)(=O)=O)c(Cl)c2)cc1. The maximum absolute atomic E-state index is 11.7. The van der Waals surface area contributed by atoms with E-state index in [0.29, 0.717) is 18.8 Å². The summed E-state index contributed by atoms with van der Waals surface area (Å²) in [5, 5.41) is 3.50. The number of aryl methyl sites for hydroxylation is 1. The van der Waals surface area contributed by atoms with Gasteiger partial charge in [-0.25, -0.2) is 13.4 Å². The Kier molecular flexibility index (Phi) is 5.95. The predicted molar refractivity (Wildman–Crippen MR) is 118 cm³/mol. The number of rotatable bonds is 6. The van der Waals surface area contributed by atoms with Crippen molar-refractivity contribution in [3.05, 3.63) is 58.7 Å². The Bertz CT molecular complexity index is 1150. The lowest BCUT2D eigenvalue weighted by Crippen LogP contribution is -2.06. The molecule has 0 spiro atoms. The molecular formula is C20H22ClN5O2S. The molecule has 1 aromatic heterocycles. The highest BCUT2D eigenvalue weighted by atomic mass is 35.5. The zero-order valence-corrected chi connectivity index (χ0v) is 17.7. The number of nitrogen functional groups attached to an aromatic ring is 2. The molecule has 0 amide bonds. The second-order valence-corrected chi connectivity index (χ2v) is 9.00. The van der Waals surface area contributed by atoms with Crippen LogP contribution >= 0.6 is 11.6 Å². The van der Waals surface area contributed by atoms with Crippen molar-refractivity contribution in [3.63, 3.8) is 0 Å². The predicted octanol–water partition coefficient (Wildman–Crippen LogP) is 3.54. The quantitative estimate of drug-likeness (QED) is 0.545. The van der Waals surface area contributed by atoms with Crippen molar-refractivity contribution in [1.29, 1.82) is 0 Å². The molecule has 0 saturated carbocycles. The van der Waals surface area contributed by atoms with Crippen LogP contribution in [0.2, 0.25) is 5.02 Å². The maximum atomic E-state index is 11.7. The fourth-order valence-electron chi connectivity index (χ4n) is 3.03. The van der Waals surface area contributed by atoms with Gasteiger partial charge >= 0.3 is 0 Å². The molecule has 152 valence electrons. The van der Waals surface area contributed by atoms with Gasteiger partial charge in [-0.1, -0.05) is 36.7 Å². The van der Waals surface area contributed by atoms with Crippen LogP contribution in [0.15, 0.2) is 47.4 Å². The van der Waals surface area contributed by atoms with Gasteiger partial charge < -0.3 is 16.8 Å². The van der Waals surface area contributed by atoms with Crippen LogP contribution in [0.1, 0.15) is 18.2 Å². The Labute approximate surface area is 175 Å². The molecule has 1 heterocycles. The van der Waals surface area contributed by atoms with Gasteiger partial charge in [-0.2, -0.15) is 4.98 Å². The summed E-state index contributed by atoms with van der Waals surface area (Å²) in [6.45, 7) is 2.48. The van der Waals surface area contributed by atoms with E-state index >= 15 is 0 Å². The molecule has 0 radical (unpaired) electrons. The van der Waals surface area contributed by atoms with E-state index in [1.165, 1.54) is 6.07 Å². The van der Waals surface area contributed by atoms with Crippen LogP contribution < -0.4 is 16.8 Å². The van der Waals surface area contributed by atoms with Gasteiger partial charge in [0, 0.05) is 24.1 Å². The number of nitrogens with two attached hydrogens (primary N) is 2. The minimum absolute atomic E-state index is 0.127. The molecule has 3 rings (SSSR count). The average Bonchev–Trinajstić information content (AvgIpc) is 2.65. The first-order valence-electron chi connectivity index (χ1n) is 8.93. The molecule has 0 bridgehead atoms. The van der Waals surface area contributed by atoms with Gasteiger partial charge in [-0.05, 0) is 41.8 Å². The number of halogens is 1. The summed E-state index contributed by atoms with van der Waals surface area (Å²) in [6.07, 6.45) is 1.83. The Hall–Kier alpha value is -2.84. The van der Waals surface area contributed by atoms with E-state index in [-0.39, 0.29) is 15.9 Å². The third kappa shape index (κ3) is 4.78. The number of anilines is 3. The van der Waals surface area contributed by atoms with Crippen molar-refractivity contribution in [2.24, 2.45) is 0 Å². The molecule has 0 aliphatic rings. The van der Waals surface area contributed by atoms with Gasteiger partial charge in [0.25, 0.3) is 0 Å². The van der Waals surface area contributed by atoms with E-state index in [1.54, 1.807) is 12.1 Å².